The van der Waals surface area contributed by atoms with Gasteiger partial charge in [-0.2, -0.15) is 39.5 Å². The van der Waals surface area contributed by atoms with Crippen molar-refractivity contribution in [3.8, 4) is 0 Å². The molecule has 87 heavy (non-hydrogen) atoms. The highest BCUT2D eigenvalue weighted by molar-refractivity contribution is 4.93. The fourth-order valence-corrected chi connectivity index (χ4v) is 10.1. The molecule has 536 valence electrons. The minimum atomic E-state index is -4.10. The standard InChI is InChI=1S/C13H25F3.C12H25F.C8H13F3.C7H12F2.C7H13F.C6H13F.C5H9F3.3C5H12/c1-6-10(7-2)12(5,13(14,15)16)11(8-3)9-4;1-6-10(7-2)12(5,13)11(8-3)9-4;1-7(8(9,10)11)5-3-2-4-6-7;1-6-2-4-7(8,9)5-3-6;1-7(8)5-3-2-4-6-7;1-4-6(3,7)5-2;1-3-4(2)5(6,7)8;2*1-5(2,3)4;1-4-5(2)3/h10-11H,6-9H2,1-5H3;10-11H,6-9H2,1-5H3;2-6H2,1H3;6H,2-5H2,1H3;2-6H2,1H3;4-5H2,1-3H3;4H,3H2,1-2H3;2*1-4H3;5H,4H2,1-3H3. The molecule has 1 atom stereocenters. The van der Waals surface area contributed by atoms with Crippen LogP contribution >= 0.6 is 0 Å². The number of hydrogen-bond donors (Lipinski definition) is 0. The van der Waals surface area contributed by atoms with Crippen molar-refractivity contribution in [1.82, 2.24) is 0 Å². The maximum absolute atomic E-state index is 14.4. The first-order valence-electron chi connectivity index (χ1n) is 34.6. The number of hydrogen-bond acceptors (Lipinski definition) is 0. The lowest BCUT2D eigenvalue weighted by Crippen LogP contribution is -2.47. The first-order valence-corrected chi connectivity index (χ1v) is 34.6. The van der Waals surface area contributed by atoms with Crippen molar-refractivity contribution in [3.05, 3.63) is 0 Å². The summed E-state index contributed by atoms with van der Waals surface area (Å²) in [4.78, 5) is 0. The van der Waals surface area contributed by atoms with Crippen LogP contribution in [0.1, 0.15) is 368 Å². The molecule has 3 aliphatic carbocycles. The van der Waals surface area contributed by atoms with Gasteiger partial charge in [-0.15, -0.1) is 0 Å². The fraction of sp³-hybridized carbons (Fsp3) is 1.00. The second-order valence-corrected chi connectivity index (χ2v) is 30.4. The lowest BCUT2D eigenvalue weighted by Gasteiger charge is -2.44. The van der Waals surface area contributed by atoms with Crippen LogP contribution in [0.3, 0.4) is 0 Å². The van der Waals surface area contributed by atoms with Gasteiger partial charge in [0.1, 0.15) is 17.0 Å². The highest BCUT2D eigenvalue weighted by Gasteiger charge is 2.57. The molecule has 0 bridgehead atoms. The molecular weight excluding hydrogens is 1140 g/mol. The van der Waals surface area contributed by atoms with E-state index in [2.05, 4.69) is 104 Å². The summed E-state index contributed by atoms with van der Waals surface area (Å²) in [5, 5.41) is 0. The highest BCUT2D eigenvalue weighted by Crippen LogP contribution is 2.54. The summed E-state index contributed by atoms with van der Waals surface area (Å²) in [7, 11) is 0. The second-order valence-electron chi connectivity index (χ2n) is 30.4. The van der Waals surface area contributed by atoms with Crippen molar-refractivity contribution in [2.75, 3.05) is 0 Å². The van der Waals surface area contributed by atoms with E-state index >= 15 is 0 Å². The number of halogens is 14. The van der Waals surface area contributed by atoms with Gasteiger partial charge in [-0.05, 0) is 125 Å². The molecule has 3 fully saturated rings. The van der Waals surface area contributed by atoms with Crippen molar-refractivity contribution in [2.24, 2.45) is 63.1 Å². The largest absolute Gasteiger partial charge is 0.394 e. The van der Waals surface area contributed by atoms with Crippen molar-refractivity contribution in [3.63, 3.8) is 0 Å². The normalized spacial score (nSPS) is 17.5. The molecule has 0 nitrogen and oxygen atoms in total. The average Bonchev–Trinajstić information content (AvgIpc) is 3.43. The van der Waals surface area contributed by atoms with Crippen LogP contribution in [-0.4, -0.2) is 41.5 Å². The van der Waals surface area contributed by atoms with E-state index in [0.717, 1.165) is 76.5 Å². The van der Waals surface area contributed by atoms with E-state index in [0.29, 0.717) is 81.0 Å². The van der Waals surface area contributed by atoms with E-state index in [9.17, 15) is 61.5 Å². The number of rotatable bonds is 16. The van der Waals surface area contributed by atoms with E-state index in [1.54, 1.807) is 20.8 Å². The van der Waals surface area contributed by atoms with Gasteiger partial charge in [0, 0.05) is 12.8 Å². The molecule has 3 aliphatic rings. The Morgan fingerprint density at radius 1 is 0.391 bits per heavy atom. The van der Waals surface area contributed by atoms with Crippen LogP contribution in [-0.2, 0) is 0 Å². The molecule has 3 saturated carbocycles. The Balaban J connectivity index is -0.000000167. The van der Waals surface area contributed by atoms with Crippen molar-refractivity contribution >= 4 is 0 Å². The molecule has 0 aromatic rings. The van der Waals surface area contributed by atoms with E-state index in [-0.39, 0.29) is 42.9 Å². The Kier molecular flexibility index (Phi) is 54.7. The lowest BCUT2D eigenvalue weighted by atomic mass is 9.63. The van der Waals surface area contributed by atoms with E-state index in [1.807, 2.05) is 48.5 Å². The van der Waals surface area contributed by atoms with E-state index in [4.69, 9.17) is 0 Å². The molecule has 0 aromatic heterocycles. The molecule has 0 aromatic carbocycles. The number of alkyl halides is 14. The van der Waals surface area contributed by atoms with Gasteiger partial charge < -0.3 is 0 Å². The summed E-state index contributed by atoms with van der Waals surface area (Å²) >= 11 is 0. The summed E-state index contributed by atoms with van der Waals surface area (Å²) in [6.45, 7) is 56.3. The fourth-order valence-electron chi connectivity index (χ4n) is 10.1. The van der Waals surface area contributed by atoms with Crippen LogP contribution in [0.2, 0.25) is 0 Å². The minimum absolute atomic E-state index is 0.105. The summed E-state index contributed by atoms with van der Waals surface area (Å²) in [5.74, 6) is -2.15. The Labute approximate surface area is 531 Å². The van der Waals surface area contributed by atoms with Crippen LogP contribution < -0.4 is 0 Å². The Morgan fingerprint density at radius 2 is 0.655 bits per heavy atom. The Bertz CT molecular complexity index is 1430. The third-order valence-corrected chi connectivity index (χ3v) is 17.9. The van der Waals surface area contributed by atoms with Crippen LogP contribution in [0, 0.1) is 63.1 Å². The third-order valence-electron chi connectivity index (χ3n) is 17.9. The van der Waals surface area contributed by atoms with Gasteiger partial charge in [0.15, 0.2) is 0 Å². The molecule has 0 spiro atoms. The molecular formula is C73H146F14. The van der Waals surface area contributed by atoms with Gasteiger partial charge in [0.25, 0.3) is 0 Å². The summed E-state index contributed by atoms with van der Waals surface area (Å²) in [5.41, 5.74) is -4.61. The quantitative estimate of drug-likeness (QED) is 0.135. The van der Waals surface area contributed by atoms with Gasteiger partial charge in [0.05, 0.1) is 16.7 Å². The maximum atomic E-state index is 14.4. The van der Waals surface area contributed by atoms with Gasteiger partial charge >= 0.3 is 18.5 Å². The molecule has 3 rings (SSSR count). The van der Waals surface area contributed by atoms with Crippen LogP contribution in [0.5, 0.6) is 0 Å². The zero-order valence-corrected chi connectivity index (χ0v) is 62.2. The zero-order chi connectivity index (χ0) is 70.9. The van der Waals surface area contributed by atoms with Crippen molar-refractivity contribution in [2.45, 2.75) is 409 Å². The Morgan fingerprint density at radius 3 is 0.782 bits per heavy atom. The molecule has 0 amide bonds. The van der Waals surface area contributed by atoms with E-state index < -0.39 is 58.2 Å². The summed E-state index contributed by atoms with van der Waals surface area (Å²) < 4.78 is 176. The molecule has 0 radical (unpaired) electrons. The van der Waals surface area contributed by atoms with Crippen LogP contribution in [0.4, 0.5) is 61.5 Å². The van der Waals surface area contributed by atoms with Crippen LogP contribution in [0.15, 0.2) is 0 Å². The predicted octanol–water partition coefficient (Wildman–Crippen LogP) is 30.3. The minimum Gasteiger partial charge on any atom is -0.244 e. The Hall–Kier alpha value is -0.980. The van der Waals surface area contributed by atoms with Crippen molar-refractivity contribution in [1.29, 1.82) is 0 Å². The maximum Gasteiger partial charge on any atom is 0.394 e. The monoisotopic (exact) mass is 1290 g/mol. The first-order chi connectivity index (χ1) is 39.0. The molecule has 0 heterocycles. The molecule has 0 saturated heterocycles. The summed E-state index contributed by atoms with van der Waals surface area (Å²) in [6.07, 6.45) is 6.55. The summed E-state index contributed by atoms with van der Waals surface area (Å²) in [6, 6.07) is 0. The predicted molar refractivity (Wildman–Crippen MR) is 353 cm³/mol. The molecule has 1 unspecified atom stereocenters. The average molecular weight is 1290 g/mol. The molecule has 14 heteroatoms. The van der Waals surface area contributed by atoms with Gasteiger partial charge in [-0.1, -0.05) is 276 Å². The highest BCUT2D eigenvalue weighted by atomic mass is 19.4. The van der Waals surface area contributed by atoms with Gasteiger partial charge in [-0.3, -0.25) is 0 Å². The van der Waals surface area contributed by atoms with Crippen molar-refractivity contribution < 1.29 is 61.5 Å². The van der Waals surface area contributed by atoms with Gasteiger partial charge in [-0.25, -0.2) is 22.0 Å². The SMILES string of the molecule is CC(C)(C)C.CC(C)(C)C.CC1(C(F)(F)F)CCCCC1.CC1(F)CCCCC1.CC1CCC(F)(F)CC1.CCC(C)(F)CC.CCC(C)C.CCC(C)C(F)(F)F.CCC(CC)C(C)(C(CC)CC)C(F)(F)F.CCC(CC)C(C)(F)C(CC)CC. The molecule has 0 aliphatic heterocycles. The topological polar surface area (TPSA) is 0 Å². The second kappa shape index (κ2) is 47.8. The van der Waals surface area contributed by atoms with E-state index in [1.165, 1.54) is 40.5 Å². The zero-order valence-electron chi connectivity index (χ0n) is 62.2. The van der Waals surface area contributed by atoms with Gasteiger partial charge in [0.2, 0.25) is 5.92 Å². The third kappa shape index (κ3) is 53.1. The lowest BCUT2D eigenvalue weighted by molar-refractivity contribution is -0.258. The van der Waals surface area contributed by atoms with Crippen LogP contribution in [0.25, 0.3) is 0 Å². The molecule has 0 N–H and O–H groups in total. The first kappa shape index (κ1) is 99.6. The smallest absolute Gasteiger partial charge is 0.244 e.